The molecule has 0 aliphatic carbocycles. The van der Waals surface area contributed by atoms with Crippen LogP contribution in [0, 0.1) is 0 Å². The molecule has 0 aliphatic heterocycles. The number of hydrogen-bond donors (Lipinski definition) is 1. The summed E-state index contributed by atoms with van der Waals surface area (Å²) in [4.78, 5) is 10.3. The molecule has 0 aromatic heterocycles. The molecule has 0 heterocycles. The van der Waals surface area contributed by atoms with Crippen molar-refractivity contribution in [1.29, 1.82) is 0 Å². The molecule has 0 saturated carbocycles. The van der Waals surface area contributed by atoms with Crippen LogP contribution in [0.15, 0.2) is 41.3 Å². The predicted octanol–water partition coefficient (Wildman–Crippen LogP) is 2.20. The van der Waals surface area contributed by atoms with Crippen LogP contribution in [-0.4, -0.2) is 19.5 Å². The summed E-state index contributed by atoms with van der Waals surface area (Å²) < 4.78 is 34.1. The molecule has 0 amide bonds. The normalized spacial score (nSPS) is 11.6. The Kier molecular flexibility index (Phi) is 2.59. The van der Waals surface area contributed by atoms with Gasteiger partial charge in [0.15, 0.2) is 0 Å². The van der Waals surface area contributed by atoms with Gasteiger partial charge in [-0.2, -0.15) is 8.42 Å². The van der Waals surface area contributed by atoms with Crippen molar-refractivity contribution < 1.29 is 22.2 Å². The second-order valence-electron chi connectivity index (χ2n) is 3.47. The molecular weight excluding hydrogens is 247 g/mol. The van der Waals surface area contributed by atoms with Crippen LogP contribution in [-0.2, 0) is 10.2 Å². The van der Waals surface area contributed by atoms with Gasteiger partial charge in [-0.25, -0.2) is 4.79 Å². The van der Waals surface area contributed by atoms with E-state index in [4.69, 9.17) is 5.11 Å². The Hall–Kier alpha value is -1.95. The van der Waals surface area contributed by atoms with Gasteiger partial charge in [0.05, 0.1) is 10.5 Å². The zero-order chi connectivity index (χ0) is 12.6. The standard InChI is InChI=1S/C11H7FO4S/c12-17(15,16)10-4-3-7-5-9(11(13)14)2-1-8(7)6-10/h1-6H,(H,13,14). The molecule has 6 heteroatoms. The van der Waals surface area contributed by atoms with Gasteiger partial charge < -0.3 is 5.11 Å². The SMILES string of the molecule is O=C(O)c1ccc2cc(S(=O)(=O)F)ccc2c1. The number of halogens is 1. The molecular formula is C11H7FO4S. The molecule has 4 nitrogen and oxygen atoms in total. The average Bonchev–Trinajstić information content (AvgIpc) is 2.26. The largest absolute Gasteiger partial charge is 0.478 e. The minimum Gasteiger partial charge on any atom is -0.478 e. The summed E-state index contributed by atoms with van der Waals surface area (Å²) in [6.45, 7) is 0. The summed E-state index contributed by atoms with van der Waals surface area (Å²) in [6.07, 6.45) is 0. The summed E-state index contributed by atoms with van der Waals surface area (Å²) in [5.41, 5.74) is 0.0911. The molecule has 0 spiro atoms. The van der Waals surface area contributed by atoms with Crippen molar-refractivity contribution in [2.75, 3.05) is 0 Å². The van der Waals surface area contributed by atoms with Crippen molar-refractivity contribution in [1.82, 2.24) is 0 Å². The highest BCUT2D eigenvalue weighted by Crippen LogP contribution is 2.21. The molecule has 0 atom stereocenters. The molecule has 2 rings (SSSR count). The monoisotopic (exact) mass is 254 g/mol. The van der Waals surface area contributed by atoms with E-state index in [1.165, 1.54) is 24.3 Å². The summed E-state index contributed by atoms with van der Waals surface area (Å²) in [7, 11) is -4.74. The average molecular weight is 254 g/mol. The van der Waals surface area contributed by atoms with E-state index in [-0.39, 0.29) is 5.56 Å². The van der Waals surface area contributed by atoms with E-state index >= 15 is 0 Å². The van der Waals surface area contributed by atoms with Crippen molar-refractivity contribution in [3.8, 4) is 0 Å². The zero-order valence-corrected chi connectivity index (χ0v) is 9.24. The molecule has 0 saturated heterocycles. The van der Waals surface area contributed by atoms with Crippen LogP contribution in [0.1, 0.15) is 10.4 Å². The van der Waals surface area contributed by atoms with Gasteiger partial charge in [0.1, 0.15) is 0 Å². The number of hydrogen-bond acceptors (Lipinski definition) is 3. The molecule has 1 N–H and O–H groups in total. The fraction of sp³-hybridized carbons (Fsp3) is 0. The van der Waals surface area contributed by atoms with Crippen molar-refractivity contribution in [3.05, 3.63) is 42.0 Å². The van der Waals surface area contributed by atoms with Crippen molar-refractivity contribution in [2.24, 2.45) is 0 Å². The van der Waals surface area contributed by atoms with Crippen LogP contribution < -0.4 is 0 Å². The van der Waals surface area contributed by atoms with Gasteiger partial charge in [-0.05, 0) is 35.0 Å². The number of fused-ring (bicyclic) bond motifs is 1. The van der Waals surface area contributed by atoms with Crippen LogP contribution in [0.2, 0.25) is 0 Å². The molecule has 88 valence electrons. The van der Waals surface area contributed by atoms with Gasteiger partial charge in [0.2, 0.25) is 0 Å². The first-order valence-corrected chi connectivity index (χ1v) is 5.98. The number of aromatic carboxylic acids is 1. The highest BCUT2D eigenvalue weighted by atomic mass is 32.3. The maximum absolute atomic E-state index is 12.7. The van der Waals surface area contributed by atoms with E-state index in [1.807, 2.05) is 0 Å². The number of carbonyl (C=O) groups is 1. The van der Waals surface area contributed by atoms with E-state index in [9.17, 15) is 17.1 Å². The van der Waals surface area contributed by atoms with Crippen LogP contribution in [0.3, 0.4) is 0 Å². The number of carboxylic acids is 1. The Morgan fingerprint density at radius 1 is 1.06 bits per heavy atom. The van der Waals surface area contributed by atoms with Crippen LogP contribution in [0.4, 0.5) is 3.89 Å². The molecule has 0 bridgehead atoms. The zero-order valence-electron chi connectivity index (χ0n) is 8.42. The van der Waals surface area contributed by atoms with Crippen molar-refractivity contribution in [3.63, 3.8) is 0 Å². The first-order valence-electron chi connectivity index (χ1n) is 4.60. The molecule has 2 aromatic rings. The third kappa shape index (κ3) is 2.26. The van der Waals surface area contributed by atoms with E-state index < -0.39 is 21.1 Å². The van der Waals surface area contributed by atoms with Gasteiger partial charge in [-0.15, -0.1) is 3.89 Å². The fourth-order valence-corrected chi connectivity index (χ4v) is 2.01. The first-order chi connectivity index (χ1) is 7.88. The van der Waals surface area contributed by atoms with Crippen molar-refractivity contribution >= 4 is 27.0 Å². The Balaban J connectivity index is 2.66. The highest BCUT2D eigenvalue weighted by Gasteiger charge is 2.12. The lowest BCUT2D eigenvalue weighted by molar-refractivity contribution is 0.0697. The minimum atomic E-state index is -4.74. The lowest BCUT2D eigenvalue weighted by atomic mass is 10.1. The maximum atomic E-state index is 12.7. The minimum absolute atomic E-state index is 0.0911. The fourth-order valence-electron chi connectivity index (χ4n) is 1.51. The van der Waals surface area contributed by atoms with Crippen LogP contribution in [0.5, 0.6) is 0 Å². The molecule has 0 aliphatic rings. The topological polar surface area (TPSA) is 71.4 Å². The molecule has 2 aromatic carbocycles. The second-order valence-corrected chi connectivity index (χ2v) is 4.81. The van der Waals surface area contributed by atoms with E-state index in [2.05, 4.69) is 0 Å². The smallest absolute Gasteiger partial charge is 0.335 e. The quantitative estimate of drug-likeness (QED) is 0.834. The van der Waals surface area contributed by atoms with E-state index in [0.717, 1.165) is 12.1 Å². The van der Waals surface area contributed by atoms with E-state index in [1.54, 1.807) is 0 Å². The maximum Gasteiger partial charge on any atom is 0.335 e. The van der Waals surface area contributed by atoms with Crippen molar-refractivity contribution in [2.45, 2.75) is 4.90 Å². The second kappa shape index (κ2) is 3.81. The van der Waals surface area contributed by atoms with Crippen LogP contribution in [0.25, 0.3) is 10.8 Å². The Bertz CT molecular complexity index is 706. The molecule has 17 heavy (non-hydrogen) atoms. The summed E-state index contributed by atoms with van der Waals surface area (Å²) in [6, 6.07) is 7.80. The Labute approximate surface area is 96.5 Å². The molecule has 0 unspecified atom stereocenters. The van der Waals surface area contributed by atoms with Gasteiger partial charge in [0, 0.05) is 0 Å². The van der Waals surface area contributed by atoms with E-state index in [0.29, 0.717) is 10.8 Å². The van der Waals surface area contributed by atoms with Gasteiger partial charge in [-0.3, -0.25) is 0 Å². The Morgan fingerprint density at radius 2 is 1.65 bits per heavy atom. The van der Waals surface area contributed by atoms with Crippen LogP contribution >= 0.6 is 0 Å². The summed E-state index contributed by atoms with van der Waals surface area (Å²) >= 11 is 0. The number of carboxylic acid groups (broad SMARTS) is 1. The predicted molar refractivity (Wildman–Crippen MR) is 59.2 cm³/mol. The first kappa shape index (κ1) is 11.5. The van der Waals surface area contributed by atoms with Gasteiger partial charge in [-0.1, -0.05) is 12.1 Å². The Morgan fingerprint density at radius 3 is 2.24 bits per heavy atom. The summed E-state index contributed by atoms with van der Waals surface area (Å²) in [5.74, 6) is -1.07. The third-order valence-corrected chi connectivity index (χ3v) is 3.16. The molecule has 0 radical (unpaired) electrons. The number of rotatable bonds is 2. The van der Waals surface area contributed by atoms with Gasteiger partial charge >= 0.3 is 16.2 Å². The lowest BCUT2D eigenvalue weighted by Crippen LogP contribution is -1.96. The summed E-state index contributed by atoms with van der Waals surface area (Å²) in [5, 5.41) is 9.78. The third-order valence-electron chi connectivity index (χ3n) is 2.34. The molecule has 0 fully saturated rings. The van der Waals surface area contributed by atoms with Gasteiger partial charge in [0.25, 0.3) is 0 Å². The lowest BCUT2D eigenvalue weighted by Gasteiger charge is -2.01. The highest BCUT2D eigenvalue weighted by molar-refractivity contribution is 7.86. The number of benzene rings is 2.